The molecule has 1 saturated heterocycles. The van der Waals surface area contributed by atoms with Gasteiger partial charge in [-0.15, -0.1) is 0 Å². The summed E-state index contributed by atoms with van der Waals surface area (Å²) < 4.78 is 17.7. The predicted octanol–water partition coefficient (Wildman–Crippen LogP) is 6.27. The summed E-state index contributed by atoms with van der Waals surface area (Å²) in [7, 11) is 0. The molecule has 2 aromatic heterocycles. The molecule has 1 aliphatic rings. The molecule has 0 radical (unpaired) electrons. The molecule has 0 spiro atoms. The Labute approximate surface area is 245 Å². The molecular formula is C34H36FN5O2. The van der Waals surface area contributed by atoms with Gasteiger partial charge >= 0.3 is 5.69 Å². The first-order chi connectivity index (χ1) is 20.1. The molecule has 0 aliphatic carbocycles. The van der Waals surface area contributed by atoms with Crippen LogP contribution in [0.3, 0.4) is 0 Å². The lowest BCUT2D eigenvalue weighted by Crippen LogP contribution is -2.58. The van der Waals surface area contributed by atoms with Crippen LogP contribution in [0.2, 0.25) is 0 Å². The van der Waals surface area contributed by atoms with E-state index in [0.717, 1.165) is 16.8 Å². The fraction of sp³-hybridized carbons (Fsp3) is 0.294. The van der Waals surface area contributed by atoms with E-state index in [1.807, 2.05) is 69.9 Å². The number of hydrogen-bond donors (Lipinski definition) is 0. The van der Waals surface area contributed by atoms with Crippen molar-refractivity contribution in [1.82, 2.24) is 19.4 Å². The van der Waals surface area contributed by atoms with Gasteiger partial charge in [-0.1, -0.05) is 57.3 Å². The van der Waals surface area contributed by atoms with Crippen LogP contribution in [0.5, 0.6) is 0 Å². The SMILES string of the molecule is C=CC(=O)N1C[C@H](C)N(c2nc(=O)n(-c3c(C)ccnc3C(C)C)c3cc(-c4ccccc4C=C)c(F)cc23)[C@@H](C)C1. The van der Waals surface area contributed by atoms with Gasteiger partial charge in [-0.2, -0.15) is 4.98 Å². The highest BCUT2D eigenvalue weighted by Gasteiger charge is 2.34. The van der Waals surface area contributed by atoms with Crippen LogP contribution in [-0.2, 0) is 4.79 Å². The molecule has 1 amide bonds. The zero-order chi connectivity index (χ0) is 30.3. The van der Waals surface area contributed by atoms with Gasteiger partial charge in [0.25, 0.3) is 0 Å². The summed E-state index contributed by atoms with van der Waals surface area (Å²) in [5.74, 6) is -0.158. The predicted molar refractivity (Wildman–Crippen MR) is 168 cm³/mol. The van der Waals surface area contributed by atoms with Crippen LogP contribution >= 0.6 is 0 Å². The highest BCUT2D eigenvalue weighted by Crippen LogP contribution is 2.37. The summed E-state index contributed by atoms with van der Waals surface area (Å²) in [6.07, 6.45) is 4.74. The maximum absolute atomic E-state index is 16.2. The fourth-order valence-corrected chi connectivity index (χ4v) is 6.10. The molecule has 1 fully saturated rings. The first-order valence-corrected chi connectivity index (χ1v) is 14.2. The van der Waals surface area contributed by atoms with E-state index in [1.165, 1.54) is 12.1 Å². The van der Waals surface area contributed by atoms with Crippen molar-refractivity contribution in [2.24, 2.45) is 0 Å². The molecule has 1 aliphatic heterocycles. The minimum atomic E-state index is -0.478. The molecule has 0 unspecified atom stereocenters. The van der Waals surface area contributed by atoms with Gasteiger partial charge in [0.2, 0.25) is 5.91 Å². The third-order valence-corrected chi connectivity index (χ3v) is 8.01. The number of benzene rings is 2. The summed E-state index contributed by atoms with van der Waals surface area (Å²) in [4.78, 5) is 39.5. The number of aromatic nitrogens is 3. The van der Waals surface area contributed by atoms with E-state index in [2.05, 4.69) is 23.1 Å². The summed E-state index contributed by atoms with van der Waals surface area (Å²) in [5.41, 5.74) is 4.14. The Balaban J connectivity index is 1.85. The number of nitrogens with zero attached hydrogens (tertiary/aromatic N) is 5. The molecule has 2 atom stereocenters. The number of amides is 1. The third kappa shape index (κ3) is 4.91. The van der Waals surface area contributed by atoms with Gasteiger partial charge in [-0.25, -0.2) is 9.18 Å². The second-order valence-electron chi connectivity index (χ2n) is 11.3. The standard InChI is InChI=1S/C34H36FN5O2/c1-8-24-12-10-11-13-25(24)26-17-29-27(16-28(26)35)33(39-22(6)18-38(19-23(39)7)30(41)9-2)37-34(42)40(29)32-21(5)14-15-36-31(32)20(3)4/h8-17,20,22-23H,1-2,18-19H2,3-7H3/t22-,23-/m0/s1. The van der Waals surface area contributed by atoms with Crippen molar-refractivity contribution in [2.45, 2.75) is 52.6 Å². The normalized spacial score (nSPS) is 17.1. The van der Waals surface area contributed by atoms with E-state index in [0.29, 0.717) is 46.6 Å². The first-order valence-electron chi connectivity index (χ1n) is 14.2. The molecule has 0 saturated carbocycles. The van der Waals surface area contributed by atoms with Crippen LogP contribution in [0, 0.1) is 12.7 Å². The molecule has 8 heteroatoms. The largest absolute Gasteiger partial charge is 0.354 e. The quantitative estimate of drug-likeness (QED) is 0.258. The number of carbonyl (C=O) groups excluding carboxylic acids is 1. The average molecular weight is 566 g/mol. The Morgan fingerprint density at radius 2 is 1.76 bits per heavy atom. The van der Waals surface area contributed by atoms with Crippen LogP contribution in [-0.4, -0.2) is 50.5 Å². The Morgan fingerprint density at radius 1 is 1.07 bits per heavy atom. The third-order valence-electron chi connectivity index (χ3n) is 8.01. The highest BCUT2D eigenvalue weighted by atomic mass is 19.1. The van der Waals surface area contributed by atoms with E-state index in [1.54, 1.807) is 27.8 Å². The molecule has 0 bridgehead atoms. The lowest BCUT2D eigenvalue weighted by atomic mass is 9.97. The summed E-state index contributed by atoms with van der Waals surface area (Å²) in [6, 6.07) is 12.2. The molecule has 0 N–H and O–H groups in total. The number of piperazine rings is 1. The zero-order valence-corrected chi connectivity index (χ0v) is 24.8. The smallest absolute Gasteiger partial charge is 0.347 e. The molecule has 4 aromatic rings. The number of halogens is 1. The lowest BCUT2D eigenvalue weighted by Gasteiger charge is -2.45. The van der Waals surface area contributed by atoms with Gasteiger partial charge in [0.1, 0.15) is 11.6 Å². The zero-order valence-electron chi connectivity index (χ0n) is 24.8. The van der Waals surface area contributed by atoms with Crippen molar-refractivity contribution in [3.63, 3.8) is 0 Å². The van der Waals surface area contributed by atoms with Crippen molar-refractivity contribution in [3.05, 3.63) is 101 Å². The monoisotopic (exact) mass is 565 g/mol. The van der Waals surface area contributed by atoms with Crippen molar-refractivity contribution in [1.29, 1.82) is 0 Å². The minimum absolute atomic E-state index is 0.0263. The van der Waals surface area contributed by atoms with Crippen molar-refractivity contribution < 1.29 is 9.18 Å². The molecule has 42 heavy (non-hydrogen) atoms. The second kappa shape index (κ2) is 11.4. The van der Waals surface area contributed by atoms with Gasteiger partial charge in [0.05, 0.1) is 16.9 Å². The first kappa shape index (κ1) is 28.9. The summed E-state index contributed by atoms with van der Waals surface area (Å²) >= 11 is 0. The van der Waals surface area contributed by atoms with Gasteiger partial charge in [0.15, 0.2) is 0 Å². The number of pyridine rings is 1. The van der Waals surface area contributed by atoms with Crippen LogP contribution in [0.25, 0.3) is 33.8 Å². The number of carbonyl (C=O) groups is 1. The van der Waals surface area contributed by atoms with Crippen molar-refractivity contribution in [2.75, 3.05) is 18.0 Å². The van der Waals surface area contributed by atoms with Crippen molar-refractivity contribution >= 4 is 28.7 Å². The maximum Gasteiger partial charge on any atom is 0.354 e. The Bertz CT molecular complexity index is 1760. The number of anilines is 1. The van der Waals surface area contributed by atoms with E-state index in [9.17, 15) is 9.59 Å². The molecule has 216 valence electrons. The number of fused-ring (bicyclic) bond motifs is 1. The Morgan fingerprint density at radius 3 is 2.40 bits per heavy atom. The lowest BCUT2D eigenvalue weighted by molar-refractivity contribution is -0.127. The molecular weight excluding hydrogens is 529 g/mol. The van der Waals surface area contributed by atoms with Gasteiger partial charge < -0.3 is 9.80 Å². The van der Waals surface area contributed by atoms with Crippen LogP contribution in [0.15, 0.2) is 72.7 Å². The molecule has 3 heterocycles. The van der Waals surface area contributed by atoms with Crippen LogP contribution in [0.1, 0.15) is 50.4 Å². The van der Waals surface area contributed by atoms with E-state index < -0.39 is 11.5 Å². The van der Waals surface area contributed by atoms with Gasteiger partial charge in [-0.3, -0.25) is 14.3 Å². The van der Waals surface area contributed by atoms with Gasteiger partial charge in [0, 0.05) is 42.3 Å². The minimum Gasteiger partial charge on any atom is -0.347 e. The number of aryl methyl sites for hydroxylation is 1. The van der Waals surface area contributed by atoms with E-state index in [-0.39, 0.29) is 23.9 Å². The van der Waals surface area contributed by atoms with E-state index >= 15 is 4.39 Å². The van der Waals surface area contributed by atoms with Crippen LogP contribution in [0.4, 0.5) is 10.2 Å². The molecule has 5 rings (SSSR count). The average Bonchev–Trinajstić information content (AvgIpc) is 2.96. The summed E-state index contributed by atoms with van der Waals surface area (Å²) in [5, 5.41) is 0.507. The molecule has 7 nitrogen and oxygen atoms in total. The maximum atomic E-state index is 16.2. The van der Waals surface area contributed by atoms with Crippen molar-refractivity contribution in [3.8, 4) is 16.8 Å². The summed E-state index contributed by atoms with van der Waals surface area (Å²) in [6.45, 7) is 18.3. The number of hydrogen-bond acceptors (Lipinski definition) is 5. The number of rotatable bonds is 6. The Hall–Kier alpha value is -4.59. The second-order valence-corrected chi connectivity index (χ2v) is 11.3. The van der Waals surface area contributed by atoms with Crippen LogP contribution < -0.4 is 10.6 Å². The van der Waals surface area contributed by atoms with Gasteiger partial charge in [-0.05, 0) is 67.7 Å². The topological polar surface area (TPSA) is 71.3 Å². The highest BCUT2D eigenvalue weighted by molar-refractivity contribution is 5.95. The molecule has 2 aromatic carbocycles. The Kier molecular flexibility index (Phi) is 7.82. The van der Waals surface area contributed by atoms with E-state index in [4.69, 9.17) is 0 Å². The fourth-order valence-electron chi connectivity index (χ4n) is 6.10.